The number of likely N-dealkylation sites (tertiary alicyclic amines) is 1. The zero-order valence-corrected chi connectivity index (χ0v) is 9.78. The molecule has 0 N–H and O–H groups in total. The van der Waals surface area contributed by atoms with Gasteiger partial charge in [-0.3, -0.25) is 0 Å². The van der Waals surface area contributed by atoms with Gasteiger partial charge in [-0.2, -0.15) is 0 Å². The Morgan fingerprint density at radius 1 is 1.36 bits per heavy atom. The molecule has 1 spiro atoms. The Hall–Kier alpha value is 0.200. The molecule has 2 fully saturated rings. The maximum absolute atomic E-state index is 11.7. The minimum absolute atomic E-state index is 0.362. The van der Waals surface area contributed by atoms with E-state index in [9.17, 15) is 8.42 Å². The van der Waals surface area contributed by atoms with Crippen LogP contribution >= 0.6 is 11.6 Å². The fourth-order valence-corrected chi connectivity index (χ4v) is 4.81. The van der Waals surface area contributed by atoms with E-state index in [-0.39, 0.29) is 4.75 Å². The Morgan fingerprint density at radius 3 is 2.57 bits per heavy atom. The Bertz CT molecular complexity index is 309. The molecule has 0 bridgehead atoms. The van der Waals surface area contributed by atoms with Crippen LogP contribution in [0.25, 0.3) is 0 Å². The van der Waals surface area contributed by atoms with Crippen molar-refractivity contribution in [3.05, 3.63) is 0 Å². The summed E-state index contributed by atoms with van der Waals surface area (Å²) >= 11 is 5.59. The molecule has 0 aromatic heterocycles. The van der Waals surface area contributed by atoms with Crippen molar-refractivity contribution in [2.75, 3.05) is 31.3 Å². The first kappa shape index (κ1) is 10.7. The van der Waals surface area contributed by atoms with Gasteiger partial charge in [0.2, 0.25) is 0 Å². The van der Waals surface area contributed by atoms with Crippen LogP contribution in [0.4, 0.5) is 0 Å². The molecule has 0 unspecified atom stereocenters. The first-order valence-electron chi connectivity index (χ1n) is 5.10. The van der Waals surface area contributed by atoms with Crippen LogP contribution in [-0.2, 0) is 9.84 Å². The monoisotopic (exact) mass is 237 g/mol. The van der Waals surface area contributed by atoms with Crippen molar-refractivity contribution in [3.8, 4) is 0 Å². The zero-order valence-electron chi connectivity index (χ0n) is 8.21. The maximum atomic E-state index is 11.7. The quantitative estimate of drug-likeness (QED) is 0.684. The predicted molar refractivity (Wildman–Crippen MR) is 57.5 cm³/mol. The molecule has 0 aromatic rings. The lowest BCUT2D eigenvalue weighted by Crippen LogP contribution is -2.63. The molecule has 3 nitrogen and oxygen atoms in total. The maximum Gasteiger partial charge on any atom is 0.158 e. The second-order valence-electron chi connectivity index (χ2n) is 4.36. The Labute approximate surface area is 90.3 Å². The van der Waals surface area contributed by atoms with Crippen molar-refractivity contribution in [2.45, 2.75) is 24.0 Å². The number of alkyl halides is 1. The lowest BCUT2D eigenvalue weighted by molar-refractivity contribution is 0.119. The van der Waals surface area contributed by atoms with E-state index in [0.29, 0.717) is 11.6 Å². The fourth-order valence-electron chi connectivity index (χ4n) is 2.52. The standard InChI is InChI=1S/C9H16ClNO2S/c10-4-2-5-11-7-9(8-11)3-1-6-14(9,12)13/h1-8H2. The van der Waals surface area contributed by atoms with Crippen molar-refractivity contribution in [1.29, 1.82) is 0 Å². The van der Waals surface area contributed by atoms with Crippen molar-refractivity contribution in [3.63, 3.8) is 0 Å². The van der Waals surface area contributed by atoms with Crippen LogP contribution in [0.5, 0.6) is 0 Å². The van der Waals surface area contributed by atoms with Crippen molar-refractivity contribution in [1.82, 2.24) is 4.90 Å². The minimum atomic E-state index is -2.78. The number of rotatable bonds is 3. The number of hydrogen-bond donors (Lipinski definition) is 0. The number of nitrogens with zero attached hydrogens (tertiary/aromatic N) is 1. The molecular weight excluding hydrogens is 222 g/mol. The topological polar surface area (TPSA) is 37.4 Å². The Kier molecular flexibility index (Phi) is 2.79. The van der Waals surface area contributed by atoms with E-state index in [1.54, 1.807) is 0 Å². The van der Waals surface area contributed by atoms with E-state index in [1.807, 2.05) is 0 Å². The molecule has 2 aliphatic rings. The van der Waals surface area contributed by atoms with Gasteiger partial charge in [0.15, 0.2) is 9.84 Å². The summed E-state index contributed by atoms with van der Waals surface area (Å²) in [4.78, 5) is 2.20. The van der Waals surface area contributed by atoms with Gasteiger partial charge in [0.05, 0.1) is 10.5 Å². The molecule has 0 amide bonds. The second kappa shape index (κ2) is 3.65. The van der Waals surface area contributed by atoms with E-state index in [1.165, 1.54) is 0 Å². The van der Waals surface area contributed by atoms with Crippen molar-refractivity contribution < 1.29 is 8.42 Å². The van der Waals surface area contributed by atoms with Gasteiger partial charge in [-0.1, -0.05) is 0 Å². The van der Waals surface area contributed by atoms with E-state index in [0.717, 1.165) is 38.9 Å². The summed E-state index contributed by atoms with van der Waals surface area (Å²) < 4.78 is 23.1. The third kappa shape index (κ3) is 1.57. The van der Waals surface area contributed by atoms with Crippen LogP contribution in [-0.4, -0.2) is 49.3 Å². The third-order valence-electron chi connectivity index (χ3n) is 3.34. The lowest BCUT2D eigenvalue weighted by Gasteiger charge is -2.46. The van der Waals surface area contributed by atoms with E-state index in [4.69, 9.17) is 11.6 Å². The Balaban J connectivity index is 1.92. The minimum Gasteiger partial charge on any atom is -0.300 e. The molecule has 2 rings (SSSR count). The average Bonchev–Trinajstić information content (AvgIpc) is 2.35. The SMILES string of the molecule is O=S1(=O)CCCC12CN(CCCCl)C2. The molecular formula is C9H16ClNO2S. The van der Waals surface area contributed by atoms with Crippen molar-refractivity contribution in [2.24, 2.45) is 0 Å². The summed E-state index contributed by atoms with van der Waals surface area (Å²) in [5, 5.41) is 0. The van der Waals surface area contributed by atoms with Crippen LogP contribution in [0.2, 0.25) is 0 Å². The van der Waals surface area contributed by atoms with E-state index in [2.05, 4.69) is 4.90 Å². The van der Waals surface area contributed by atoms with E-state index >= 15 is 0 Å². The molecule has 2 saturated heterocycles. The first-order chi connectivity index (χ1) is 6.60. The zero-order chi connectivity index (χ0) is 10.2. The molecule has 0 radical (unpaired) electrons. The normalized spacial score (nSPS) is 29.2. The summed E-state index contributed by atoms with van der Waals surface area (Å²) in [7, 11) is -2.78. The number of sulfone groups is 1. The molecule has 14 heavy (non-hydrogen) atoms. The van der Waals surface area contributed by atoms with Gasteiger partial charge < -0.3 is 4.90 Å². The van der Waals surface area contributed by atoms with Gasteiger partial charge >= 0.3 is 0 Å². The highest BCUT2D eigenvalue weighted by molar-refractivity contribution is 7.93. The second-order valence-corrected chi connectivity index (χ2v) is 7.24. The number of hydrogen-bond acceptors (Lipinski definition) is 3. The van der Waals surface area contributed by atoms with Crippen LogP contribution in [0.3, 0.4) is 0 Å². The highest BCUT2D eigenvalue weighted by Gasteiger charge is 2.55. The molecule has 0 aliphatic carbocycles. The lowest BCUT2D eigenvalue weighted by atomic mass is 9.94. The summed E-state index contributed by atoms with van der Waals surface area (Å²) in [6.45, 7) is 2.43. The van der Waals surface area contributed by atoms with Crippen LogP contribution in [0.1, 0.15) is 19.3 Å². The predicted octanol–water partition coefficient (Wildman–Crippen LogP) is 0.878. The Morgan fingerprint density at radius 2 is 2.07 bits per heavy atom. The summed E-state index contributed by atoms with van der Waals surface area (Å²) in [5.74, 6) is 1.06. The van der Waals surface area contributed by atoms with Gasteiger partial charge in [-0.15, -0.1) is 11.6 Å². The molecule has 82 valence electrons. The highest BCUT2D eigenvalue weighted by atomic mass is 35.5. The third-order valence-corrected chi connectivity index (χ3v) is 6.21. The molecule has 2 aliphatic heterocycles. The van der Waals surface area contributed by atoms with E-state index < -0.39 is 9.84 Å². The summed E-state index contributed by atoms with van der Waals surface area (Å²) in [6.07, 6.45) is 2.68. The van der Waals surface area contributed by atoms with Crippen LogP contribution < -0.4 is 0 Å². The van der Waals surface area contributed by atoms with Crippen LogP contribution in [0.15, 0.2) is 0 Å². The molecule has 2 heterocycles. The summed E-state index contributed by atoms with van der Waals surface area (Å²) in [6, 6.07) is 0. The smallest absolute Gasteiger partial charge is 0.158 e. The van der Waals surface area contributed by atoms with Gasteiger partial charge in [0, 0.05) is 19.0 Å². The molecule has 0 atom stereocenters. The highest BCUT2D eigenvalue weighted by Crippen LogP contribution is 2.39. The average molecular weight is 238 g/mol. The van der Waals surface area contributed by atoms with Gasteiger partial charge in [-0.05, 0) is 25.8 Å². The van der Waals surface area contributed by atoms with Crippen molar-refractivity contribution >= 4 is 21.4 Å². The first-order valence-corrected chi connectivity index (χ1v) is 7.29. The largest absolute Gasteiger partial charge is 0.300 e. The molecule has 5 heteroatoms. The summed E-state index contributed by atoms with van der Waals surface area (Å²) in [5.41, 5.74) is 0. The van der Waals surface area contributed by atoms with Gasteiger partial charge in [0.1, 0.15) is 0 Å². The molecule has 0 saturated carbocycles. The molecule has 0 aromatic carbocycles. The van der Waals surface area contributed by atoms with Gasteiger partial charge in [-0.25, -0.2) is 8.42 Å². The fraction of sp³-hybridized carbons (Fsp3) is 1.00. The van der Waals surface area contributed by atoms with Crippen LogP contribution in [0, 0.1) is 0 Å². The van der Waals surface area contributed by atoms with Gasteiger partial charge in [0.25, 0.3) is 0 Å². The number of halogens is 1.